The van der Waals surface area contributed by atoms with Crippen molar-refractivity contribution in [1.82, 2.24) is 4.72 Å². The van der Waals surface area contributed by atoms with E-state index in [1.54, 1.807) is 23.1 Å². The molecule has 0 aliphatic carbocycles. The Balaban J connectivity index is 1.80. The number of thioether (sulfide) groups is 1. The molecule has 8 heteroatoms. The quantitative estimate of drug-likeness (QED) is 0.505. The number of ketones is 1. The Morgan fingerprint density at radius 2 is 1.91 bits per heavy atom. The number of rotatable bonds is 8. The van der Waals surface area contributed by atoms with Crippen molar-refractivity contribution >= 4 is 54.8 Å². The zero-order valence-electron chi connectivity index (χ0n) is 12.4. The van der Waals surface area contributed by atoms with Crippen LogP contribution in [-0.2, 0) is 15.8 Å². The van der Waals surface area contributed by atoms with Gasteiger partial charge in [0.15, 0.2) is 5.78 Å². The Labute approximate surface area is 152 Å². The molecular formula is C15H16BrNO3S3. The predicted molar refractivity (Wildman–Crippen MR) is 99.8 cm³/mol. The average molecular weight is 434 g/mol. The highest BCUT2D eigenvalue weighted by Gasteiger charge is 2.13. The first-order valence-corrected chi connectivity index (χ1v) is 11.1. The first kappa shape index (κ1) is 18.7. The molecule has 0 saturated carbocycles. The summed E-state index contributed by atoms with van der Waals surface area (Å²) in [6.45, 7) is 1.82. The van der Waals surface area contributed by atoms with Gasteiger partial charge in [-0.05, 0) is 47.1 Å². The molecule has 0 spiro atoms. The molecule has 1 N–H and O–H groups in total. The fraction of sp³-hybridized carbons (Fsp3) is 0.267. The van der Waals surface area contributed by atoms with Crippen LogP contribution in [-0.4, -0.2) is 26.5 Å². The van der Waals surface area contributed by atoms with Gasteiger partial charge in [-0.1, -0.05) is 12.1 Å². The molecule has 0 fully saturated rings. The van der Waals surface area contributed by atoms with Gasteiger partial charge in [0.25, 0.3) is 0 Å². The van der Waals surface area contributed by atoms with Crippen LogP contribution in [0.15, 0.2) is 45.1 Å². The SMILES string of the molecule is CC(=O)c1ccc(S(=O)(=O)NCCSCc2ccc(Br)s2)cc1. The van der Waals surface area contributed by atoms with Crippen molar-refractivity contribution in [3.05, 3.63) is 50.6 Å². The van der Waals surface area contributed by atoms with Crippen molar-refractivity contribution in [3.63, 3.8) is 0 Å². The van der Waals surface area contributed by atoms with Crippen molar-refractivity contribution in [1.29, 1.82) is 0 Å². The van der Waals surface area contributed by atoms with Gasteiger partial charge in [-0.25, -0.2) is 13.1 Å². The molecule has 1 heterocycles. The lowest BCUT2D eigenvalue weighted by Crippen LogP contribution is -2.26. The topological polar surface area (TPSA) is 63.2 Å². The number of Topliss-reactive ketones (excluding diaryl/α,β-unsaturated/α-hetero) is 1. The van der Waals surface area contributed by atoms with Gasteiger partial charge in [0.1, 0.15) is 0 Å². The number of nitrogens with one attached hydrogen (secondary N) is 1. The Morgan fingerprint density at radius 3 is 2.48 bits per heavy atom. The van der Waals surface area contributed by atoms with Gasteiger partial charge in [0, 0.05) is 28.5 Å². The molecule has 4 nitrogen and oxygen atoms in total. The summed E-state index contributed by atoms with van der Waals surface area (Å²) >= 11 is 6.78. The van der Waals surface area contributed by atoms with Gasteiger partial charge in [-0.2, -0.15) is 11.8 Å². The van der Waals surface area contributed by atoms with Gasteiger partial charge in [0.05, 0.1) is 8.68 Å². The summed E-state index contributed by atoms with van der Waals surface area (Å²) < 4.78 is 28.0. The largest absolute Gasteiger partial charge is 0.295 e. The van der Waals surface area contributed by atoms with E-state index in [2.05, 4.69) is 26.7 Å². The van der Waals surface area contributed by atoms with Crippen LogP contribution in [0.4, 0.5) is 0 Å². The van der Waals surface area contributed by atoms with Gasteiger partial charge in [-0.15, -0.1) is 11.3 Å². The molecule has 0 unspecified atom stereocenters. The van der Waals surface area contributed by atoms with E-state index >= 15 is 0 Å². The minimum atomic E-state index is -3.52. The summed E-state index contributed by atoms with van der Waals surface area (Å²) in [7, 11) is -3.52. The second-order valence-electron chi connectivity index (χ2n) is 4.74. The van der Waals surface area contributed by atoms with Crippen molar-refractivity contribution in [2.45, 2.75) is 17.6 Å². The van der Waals surface area contributed by atoms with Gasteiger partial charge >= 0.3 is 0 Å². The van der Waals surface area contributed by atoms with Crippen molar-refractivity contribution < 1.29 is 13.2 Å². The van der Waals surface area contributed by atoms with Crippen molar-refractivity contribution in [3.8, 4) is 0 Å². The first-order valence-electron chi connectivity index (χ1n) is 6.81. The third kappa shape index (κ3) is 5.72. The lowest BCUT2D eigenvalue weighted by atomic mass is 10.2. The van der Waals surface area contributed by atoms with Crippen molar-refractivity contribution in [2.75, 3.05) is 12.3 Å². The number of carbonyl (C=O) groups excluding carboxylic acids is 1. The average Bonchev–Trinajstić information content (AvgIpc) is 2.92. The van der Waals surface area contributed by atoms with E-state index in [1.165, 1.54) is 36.1 Å². The maximum atomic E-state index is 12.1. The van der Waals surface area contributed by atoms with Gasteiger partial charge < -0.3 is 0 Å². The van der Waals surface area contributed by atoms with Crippen LogP contribution in [0.5, 0.6) is 0 Å². The van der Waals surface area contributed by atoms with E-state index in [0.717, 1.165) is 9.54 Å². The Kier molecular flexibility index (Phi) is 6.84. The van der Waals surface area contributed by atoms with Crippen molar-refractivity contribution in [2.24, 2.45) is 0 Å². The fourth-order valence-corrected chi connectivity index (χ4v) is 5.42. The highest BCUT2D eigenvalue weighted by Crippen LogP contribution is 2.25. The minimum absolute atomic E-state index is 0.0847. The predicted octanol–water partition coefficient (Wildman–Crippen LogP) is 3.92. The van der Waals surface area contributed by atoms with E-state index in [9.17, 15) is 13.2 Å². The number of halogens is 1. The second kappa shape index (κ2) is 8.43. The lowest BCUT2D eigenvalue weighted by molar-refractivity contribution is 0.101. The number of thiophene rings is 1. The molecule has 0 radical (unpaired) electrons. The maximum Gasteiger partial charge on any atom is 0.240 e. The van der Waals surface area contributed by atoms with Crippen LogP contribution in [0.2, 0.25) is 0 Å². The van der Waals surface area contributed by atoms with Crippen LogP contribution < -0.4 is 4.72 Å². The Hall–Kier alpha value is -0.670. The number of benzene rings is 1. The molecule has 0 aliphatic rings. The molecule has 124 valence electrons. The van der Waals surface area contributed by atoms with Gasteiger partial charge in [0.2, 0.25) is 10.0 Å². The number of carbonyl (C=O) groups is 1. The molecule has 1 aromatic carbocycles. The summed E-state index contributed by atoms with van der Waals surface area (Å²) in [5.74, 6) is 1.48. The van der Waals surface area contributed by atoms with Gasteiger partial charge in [-0.3, -0.25) is 4.79 Å². The third-order valence-corrected chi connectivity index (χ3v) is 7.27. The van der Waals surface area contributed by atoms with E-state index in [1.807, 2.05) is 6.07 Å². The van der Waals surface area contributed by atoms with Crippen LogP contribution in [0, 0.1) is 0 Å². The normalized spacial score (nSPS) is 11.6. The minimum Gasteiger partial charge on any atom is -0.295 e. The molecule has 0 aliphatic heterocycles. The van der Waals surface area contributed by atoms with E-state index in [4.69, 9.17) is 0 Å². The number of hydrogen-bond acceptors (Lipinski definition) is 5. The van der Waals surface area contributed by atoms with Crippen LogP contribution in [0.3, 0.4) is 0 Å². The van der Waals surface area contributed by atoms with E-state index in [-0.39, 0.29) is 10.7 Å². The zero-order valence-corrected chi connectivity index (χ0v) is 16.4. The standard InChI is InChI=1S/C15H16BrNO3S3/c1-11(18)12-2-5-14(6-3-12)23(19,20)17-8-9-21-10-13-4-7-15(16)22-13/h2-7,17H,8-10H2,1H3. The molecule has 2 rings (SSSR count). The maximum absolute atomic E-state index is 12.1. The number of hydrogen-bond donors (Lipinski definition) is 1. The third-order valence-electron chi connectivity index (χ3n) is 2.98. The second-order valence-corrected chi connectivity index (χ2v) is 10.2. The molecular weight excluding hydrogens is 418 g/mol. The molecule has 0 saturated heterocycles. The van der Waals surface area contributed by atoms with Crippen LogP contribution in [0.25, 0.3) is 0 Å². The molecule has 0 amide bonds. The Bertz CT molecular complexity index is 770. The molecule has 1 aromatic heterocycles. The summed E-state index contributed by atoms with van der Waals surface area (Å²) in [5.41, 5.74) is 0.501. The molecule has 0 bridgehead atoms. The first-order chi connectivity index (χ1) is 10.9. The van der Waals surface area contributed by atoms with E-state index < -0.39 is 10.0 Å². The van der Waals surface area contributed by atoms with Crippen LogP contribution >= 0.6 is 39.0 Å². The molecule has 0 atom stereocenters. The molecule has 2 aromatic rings. The smallest absolute Gasteiger partial charge is 0.240 e. The summed E-state index contributed by atoms with van der Waals surface area (Å²) in [4.78, 5) is 12.6. The highest BCUT2D eigenvalue weighted by atomic mass is 79.9. The monoisotopic (exact) mass is 433 g/mol. The Morgan fingerprint density at radius 1 is 1.22 bits per heavy atom. The summed E-state index contributed by atoms with van der Waals surface area (Å²) in [5, 5.41) is 0. The highest BCUT2D eigenvalue weighted by molar-refractivity contribution is 9.11. The van der Waals surface area contributed by atoms with E-state index in [0.29, 0.717) is 17.9 Å². The fourth-order valence-electron chi connectivity index (χ4n) is 1.80. The summed E-state index contributed by atoms with van der Waals surface area (Å²) in [6.07, 6.45) is 0. The molecule has 23 heavy (non-hydrogen) atoms. The zero-order chi connectivity index (χ0) is 16.9. The lowest BCUT2D eigenvalue weighted by Gasteiger charge is -2.07. The van der Waals surface area contributed by atoms with Crippen LogP contribution in [0.1, 0.15) is 22.2 Å². The summed E-state index contributed by atoms with van der Waals surface area (Å²) in [6, 6.07) is 10.0. The number of sulfonamides is 1.